The molecule has 3 nitrogen and oxygen atoms in total. The molecule has 2 saturated heterocycles. The normalized spacial score (nSPS) is 39.8. The summed E-state index contributed by atoms with van der Waals surface area (Å²) in [4.78, 5) is 5.48. The van der Waals surface area contributed by atoms with Gasteiger partial charge in [-0.25, -0.2) is 0 Å². The van der Waals surface area contributed by atoms with Crippen LogP contribution in [0, 0.1) is 11.8 Å². The maximum Gasteiger partial charge on any atom is 0.0387 e. The molecule has 2 aliphatic heterocycles. The van der Waals surface area contributed by atoms with Gasteiger partial charge in [-0.15, -0.1) is 0 Å². The van der Waals surface area contributed by atoms with E-state index in [-0.39, 0.29) is 0 Å². The lowest BCUT2D eigenvalue weighted by Crippen LogP contribution is -2.63. The third-order valence-corrected chi connectivity index (χ3v) is 5.37. The van der Waals surface area contributed by atoms with Crippen molar-refractivity contribution in [3.8, 4) is 0 Å². The summed E-state index contributed by atoms with van der Waals surface area (Å²) >= 11 is 0. The van der Waals surface area contributed by atoms with E-state index in [2.05, 4.69) is 23.6 Å². The largest absolute Gasteiger partial charge is 0.329 e. The Morgan fingerprint density at radius 3 is 2.67 bits per heavy atom. The van der Waals surface area contributed by atoms with Crippen LogP contribution in [-0.4, -0.2) is 54.1 Å². The highest BCUT2D eigenvalue weighted by atomic mass is 15.3. The van der Waals surface area contributed by atoms with Crippen molar-refractivity contribution in [2.75, 3.05) is 32.7 Å². The predicted molar refractivity (Wildman–Crippen MR) is 75.5 cm³/mol. The van der Waals surface area contributed by atoms with Crippen molar-refractivity contribution in [3.63, 3.8) is 0 Å². The van der Waals surface area contributed by atoms with Gasteiger partial charge in [-0.05, 0) is 50.6 Å². The minimum Gasteiger partial charge on any atom is -0.329 e. The van der Waals surface area contributed by atoms with Crippen molar-refractivity contribution in [1.82, 2.24) is 9.80 Å². The monoisotopic (exact) mass is 251 g/mol. The fourth-order valence-electron chi connectivity index (χ4n) is 4.27. The number of nitrogens with two attached hydrogens (primary N) is 1. The van der Waals surface area contributed by atoms with E-state index in [4.69, 9.17) is 5.73 Å². The van der Waals surface area contributed by atoms with Crippen molar-refractivity contribution in [2.45, 2.75) is 51.1 Å². The zero-order chi connectivity index (χ0) is 12.8. The molecular weight excluding hydrogens is 222 g/mol. The molecule has 1 saturated carbocycles. The maximum absolute atomic E-state index is 6.30. The second-order valence-corrected chi connectivity index (χ2v) is 7.12. The lowest BCUT2D eigenvalue weighted by Gasteiger charge is -2.51. The minimum atomic E-state index is 0.332. The number of piperidine rings is 1. The number of fused-ring (bicyclic) bond motifs is 2. The molecule has 0 aromatic carbocycles. The van der Waals surface area contributed by atoms with Gasteiger partial charge in [0.15, 0.2) is 0 Å². The van der Waals surface area contributed by atoms with Crippen LogP contribution >= 0.6 is 0 Å². The molecule has 0 amide bonds. The molecule has 3 aliphatic rings. The molecule has 2 N–H and O–H groups in total. The number of hydrogen-bond acceptors (Lipinski definition) is 3. The molecule has 0 aromatic heterocycles. The van der Waals surface area contributed by atoms with Gasteiger partial charge in [-0.3, -0.25) is 4.90 Å². The van der Waals surface area contributed by atoms with Crippen molar-refractivity contribution in [1.29, 1.82) is 0 Å². The van der Waals surface area contributed by atoms with Crippen molar-refractivity contribution >= 4 is 0 Å². The van der Waals surface area contributed by atoms with E-state index < -0.39 is 0 Å². The summed E-state index contributed by atoms with van der Waals surface area (Å²) in [5, 5.41) is 0. The zero-order valence-electron chi connectivity index (χ0n) is 12.1. The Morgan fingerprint density at radius 1 is 1.28 bits per heavy atom. The van der Waals surface area contributed by atoms with Gasteiger partial charge in [0.1, 0.15) is 0 Å². The summed E-state index contributed by atoms with van der Waals surface area (Å²) < 4.78 is 0. The van der Waals surface area contributed by atoms with Gasteiger partial charge in [0.05, 0.1) is 0 Å². The number of nitrogens with zero attached hydrogens (tertiary/aromatic N) is 2. The average molecular weight is 251 g/mol. The summed E-state index contributed by atoms with van der Waals surface area (Å²) in [5.74, 6) is 1.59. The smallest absolute Gasteiger partial charge is 0.0387 e. The Bertz CT molecular complexity index is 300. The van der Waals surface area contributed by atoms with E-state index in [0.29, 0.717) is 5.54 Å². The lowest BCUT2D eigenvalue weighted by atomic mass is 9.76. The van der Waals surface area contributed by atoms with E-state index >= 15 is 0 Å². The second-order valence-electron chi connectivity index (χ2n) is 7.12. The van der Waals surface area contributed by atoms with Crippen molar-refractivity contribution < 1.29 is 0 Å². The van der Waals surface area contributed by atoms with Gasteiger partial charge in [0.2, 0.25) is 0 Å². The second kappa shape index (κ2) is 4.77. The first-order chi connectivity index (χ1) is 8.65. The fourth-order valence-corrected chi connectivity index (χ4v) is 4.27. The molecule has 3 heteroatoms. The standard InChI is InChI=1S/C15H29N3/c1-12(2)9-18(14-3-4-14)15(11-16)6-8-17-7-5-13(15)10-17/h12-14H,3-11,16H2,1-2H3. The molecule has 1 aliphatic carbocycles. The molecule has 0 spiro atoms. The number of rotatable bonds is 5. The molecule has 3 unspecified atom stereocenters. The summed E-state index contributed by atoms with van der Waals surface area (Å²) in [6.07, 6.45) is 5.49. The van der Waals surface area contributed by atoms with Crippen LogP contribution < -0.4 is 5.73 Å². The molecule has 3 fully saturated rings. The quantitative estimate of drug-likeness (QED) is 0.804. The van der Waals surface area contributed by atoms with Crippen LogP contribution in [0.15, 0.2) is 0 Å². The topological polar surface area (TPSA) is 32.5 Å². The van der Waals surface area contributed by atoms with Crippen molar-refractivity contribution in [3.05, 3.63) is 0 Å². The first kappa shape index (κ1) is 12.9. The molecule has 104 valence electrons. The van der Waals surface area contributed by atoms with E-state index in [1.54, 1.807) is 0 Å². The third kappa shape index (κ3) is 2.10. The lowest BCUT2D eigenvalue weighted by molar-refractivity contribution is -0.00605. The average Bonchev–Trinajstić information content (AvgIpc) is 3.12. The highest BCUT2D eigenvalue weighted by Gasteiger charge is 2.52. The molecule has 3 atom stereocenters. The van der Waals surface area contributed by atoms with Crippen LogP contribution in [0.1, 0.15) is 39.5 Å². The summed E-state index contributed by atoms with van der Waals surface area (Å²) in [7, 11) is 0. The Kier molecular flexibility index (Phi) is 3.41. The summed E-state index contributed by atoms with van der Waals surface area (Å²) in [6.45, 7) is 10.7. The molecule has 0 aromatic rings. The minimum absolute atomic E-state index is 0.332. The fraction of sp³-hybridized carbons (Fsp3) is 1.00. The van der Waals surface area contributed by atoms with Gasteiger partial charge in [-0.2, -0.15) is 0 Å². The Labute approximate surface area is 112 Å². The van der Waals surface area contributed by atoms with Crippen LogP contribution in [0.4, 0.5) is 0 Å². The van der Waals surface area contributed by atoms with Gasteiger partial charge in [0.25, 0.3) is 0 Å². The van der Waals surface area contributed by atoms with E-state index in [0.717, 1.165) is 24.4 Å². The van der Waals surface area contributed by atoms with Crippen LogP contribution in [-0.2, 0) is 0 Å². The van der Waals surface area contributed by atoms with E-state index in [1.165, 1.54) is 51.9 Å². The zero-order valence-corrected chi connectivity index (χ0v) is 12.1. The van der Waals surface area contributed by atoms with Crippen molar-refractivity contribution in [2.24, 2.45) is 17.6 Å². The van der Waals surface area contributed by atoms with E-state index in [1.807, 2.05) is 0 Å². The van der Waals surface area contributed by atoms with Crippen LogP contribution in [0.2, 0.25) is 0 Å². The first-order valence-electron chi connectivity index (χ1n) is 7.85. The van der Waals surface area contributed by atoms with Gasteiger partial charge >= 0.3 is 0 Å². The third-order valence-electron chi connectivity index (χ3n) is 5.37. The van der Waals surface area contributed by atoms with E-state index in [9.17, 15) is 0 Å². The predicted octanol–water partition coefficient (Wildman–Crippen LogP) is 1.53. The SMILES string of the molecule is CC(C)CN(C1CC1)C1(CN)CCN2CCC1C2. The Balaban J connectivity index is 1.83. The van der Waals surface area contributed by atoms with Crippen LogP contribution in [0.5, 0.6) is 0 Å². The highest BCUT2D eigenvalue weighted by molar-refractivity contribution is 5.08. The van der Waals surface area contributed by atoms with Crippen LogP contribution in [0.25, 0.3) is 0 Å². The Morgan fingerprint density at radius 2 is 2.06 bits per heavy atom. The first-order valence-corrected chi connectivity index (χ1v) is 7.85. The maximum atomic E-state index is 6.30. The summed E-state index contributed by atoms with van der Waals surface area (Å²) in [6, 6.07) is 0.850. The molecule has 3 rings (SSSR count). The molecule has 2 heterocycles. The van der Waals surface area contributed by atoms with Crippen LogP contribution in [0.3, 0.4) is 0 Å². The molecule has 0 radical (unpaired) electrons. The highest BCUT2D eigenvalue weighted by Crippen LogP contribution is 2.44. The van der Waals surface area contributed by atoms with Gasteiger partial charge < -0.3 is 10.6 Å². The van der Waals surface area contributed by atoms with Gasteiger partial charge in [0, 0.05) is 31.2 Å². The summed E-state index contributed by atoms with van der Waals surface area (Å²) in [5.41, 5.74) is 6.64. The molecule has 2 bridgehead atoms. The van der Waals surface area contributed by atoms with Gasteiger partial charge in [-0.1, -0.05) is 13.8 Å². The molecular formula is C15H29N3. The molecule has 18 heavy (non-hydrogen) atoms. The Hall–Kier alpha value is -0.120. The number of hydrogen-bond donors (Lipinski definition) is 1.